The Hall–Kier alpha value is -1.02. The molecule has 0 saturated carbocycles. The Morgan fingerprint density at radius 3 is 2.55 bits per heavy atom. The average molecular weight is 277 g/mol. The number of para-hydroxylation sites is 1. The second-order valence-corrected chi connectivity index (χ2v) is 5.46. The molecule has 0 spiro atoms. The van der Waals surface area contributed by atoms with Crippen LogP contribution in [0.15, 0.2) is 24.3 Å². The fraction of sp³-hybridized carbons (Fsp3) is 0.667. The highest BCUT2D eigenvalue weighted by atomic mass is 16.5. The topological polar surface area (TPSA) is 21.3 Å². The van der Waals surface area contributed by atoms with E-state index < -0.39 is 0 Å². The highest BCUT2D eigenvalue weighted by molar-refractivity contribution is 5.35. The SMILES string of the molecule is CCNCCCCCCOc1ccccc1C(C)CC. The van der Waals surface area contributed by atoms with E-state index in [-0.39, 0.29) is 0 Å². The van der Waals surface area contributed by atoms with Crippen LogP contribution in [0.5, 0.6) is 5.75 Å². The fourth-order valence-corrected chi connectivity index (χ4v) is 2.30. The van der Waals surface area contributed by atoms with Crippen LogP contribution in [0.4, 0.5) is 0 Å². The van der Waals surface area contributed by atoms with E-state index in [1.165, 1.54) is 24.8 Å². The van der Waals surface area contributed by atoms with Crippen LogP contribution < -0.4 is 10.1 Å². The van der Waals surface area contributed by atoms with E-state index in [0.717, 1.165) is 38.3 Å². The summed E-state index contributed by atoms with van der Waals surface area (Å²) in [7, 11) is 0. The van der Waals surface area contributed by atoms with Crippen LogP contribution >= 0.6 is 0 Å². The largest absolute Gasteiger partial charge is 0.493 e. The quantitative estimate of drug-likeness (QED) is 0.589. The maximum Gasteiger partial charge on any atom is 0.122 e. The molecule has 0 heterocycles. The van der Waals surface area contributed by atoms with Gasteiger partial charge in [0.05, 0.1) is 6.61 Å². The summed E-state index contributed by atoms with van der Waals surface area (Å²) in [5.41, 5.74) is 1.35. The molecule has 1 aromatic rings. The lowest BCUT2D eigenvalue weighted by Crippen LogP contribution is -2.13. The highest BCUT2D eigenvalue weighted by Gasteiger charge is 2.08. The molecule has 0 aromatic heterocycles. The van der Waals surface area contributed by atoms with E-state index in [4.69, 9.17) is 4.74 Å². The Bertz CT molecular complexity index is 351. The summed E-state index contributed by atoms with van der Waals surface area (Å²) in [4.78, 5) is 0. The summed E-state index contributed by atoms with van der Waals surface area (Å²) < 4.78 is 5.97. The molecule has 0 amide bonds. The Morgan fingerprint density at radius 2 is 1.80 bits per heavy atom. The highest BCUT2D eigenvalue weighted by Crippen LogP contribution is 2.28. The van der Waals surface area contributed by atoms with Crippen LogP contribution in [0.25, 0.3) is 0 Å². The molecular formula is C18H31NO. The molecule has 114 valence electrons. The summed E-state index contributed by atoms with van der Waals surface area (Å²) in [6.07, 6.45) is 6.14. The van der Waals surface area contributed by atoms with Gasteiger partial charge in [-0.1, -0.05) is 51.8 Å². The molecule has 0 fully saturated rings. The van der Waals surface area contributed by atoms with Crippen molar-refractivity contribution in [2.45, 2.75) is 58.8 Å². The van der Waals surface area contributed by atoms with E-state index in [1.54, 1.807) is 0 Å². The Morgan fingerprint density at radius 1 is 1.05 bits per heavy atom. The van der Waals surface area contributed by atoms with Gasteiger partial charge in [-0.3, -0.25) is 0 Å². The fourth-order valence-electron chi connectivity index (χ4n) is 2.30. The van der Waals surface area contributed by atoms with E-state index >= 15 is 0 Å². The molecule has 1 rings (SSSR count). The number of ether oxygens (including phenoxy) is 1. The third kappa shape index (κ3) is 6.42. The second kappa shape index (κ2) is 10.7. The molecule has 1 N–H and O–H groups in total. The minimum atomic E-state index is 0.575. The van der Waals surface area contributed by atoms with E-state index in [2.05, 4.69) is 50.4 Å². The van der Waals surface area contributed by atoms with Crippen LogP contribution in [-0.2, 0) is 0 Å². The first-order chi connectivity index (χ1) is 9.79. The maximum atomic E-state index is 5.97. The zero-order valence-corrected chi connectivity index (χ0v) is 13.5. The molecular weight excluding hydrogens is 246 g/mol. The lowest BCUT2D eigenvalue weighted by molar-refractivity contribution is 0.300. The van der Waals surface area contributed by atoms with Gasteiger partial charge < -0.3 is 10.1 Å². The molecule has 0 aliphatic heterocycles. The lowest BCUT2D eigenvalue weighted by Gasteiger charge is -2.15. The normalized spacial score (nSPS) is 12.3. The number of rotatable bonds is 11. The summed E-state index contributed by atoms with van der Waals surface area (Å²) in [6.45, 7) is 9.72. The molecule has 1 unspecified atom stereocenters. The smallest absolute Gasteiger partial charge is 0.122 e. The van der Waals surface area contributed by atoms with Gasteiger partial charge in [0.1, 0.15) is 5.75 Å². The Labute approximate surface area is 124 Å². The van der Waals surface area contributed by atoms with Crippen molar-refractivity contribution in [2.75, 3.05) is 19.7 Å². The van der Waals surface area contributed by atoms with Gasteiger partial charge in [-0.05, 0) is 49.9 Å². The van der Waals surface area contributed by atoms with Gasteiger partial charge in [0.25, 0.3) is 0 Å². The molecule has 0 saturated heterocycles. The molecule has 0 bridgehead atoms. The number of unbranched alkanes of at least 4 members (excludes halogenated alkanes) is 3. The number of benzene rings is 1. The minimum absolute atomic E-state index is 0.575. The Kier molecular flexibility index (Phi) is 9.14. The zero-order chi connectivity index (χ0) is 14.6. The monoisotopic (exact) mass is 277 g/mol. The number of nitrogens with one attached hydrogen (secondary N) is 1. The standard InChI is InChI=1S/C18H31NO/c1-4-16(3)17-12-8-9-13-18(17)20-15-11-7-6-10-14-19-5-2/h8-9,12-13,16,19H,4-7,10-11,14-15H2,1-3H3. The average Bonchev–Trinajstić information content (AvgIpc) is 2.49. The first kappa shape index (κ1) is 17.0. The molecule has 2 nitrogen and oxygen atoms in total. The van der Waals surface area contributed by atoms with Crippen molar-refractivity contribution in [3.8, 4) is 5.75 Å². The summed E-state index contributed by atoms with van der Waals surface area (Å²) >= 11 is 0. The van der Waals surface area contributed by atoms with E-state index in [9.17, 15) is 0 Å². The number of hydrogen-bond acceptors (Lipinski definition) is 2. The van der Waals surface area contributed by atoms with Gasteiger partial charge in [0.2, 0.25) is 0 Å². The van der Waals surface area contributed by atoms with E-state index in [0.29, 0.717) is 5.92 Å². The summed E-state index contributed by atoms with van der Waals surface area (Å²) in [6, 6.07) is 8.47. The second-order valence-electron chi connectivity index (χ2n) is 5.46. The van der Waals surface area contributed by atoms with Crippen molar-refractivity contribution in [3.05, 3.63) is 29.8 Å². The Balaban J connectivity index is 2.22. The van der Waals surface area contributed by atoms with Crippen LogP contribution in [-0.4, -0.2) is 19.7 Å². The molecule has 1 atom stereocenters. The maximum absolute atomic E-state index is 5.97. The third-order valence-corrected chi connectivity index (χ3v) is 3.82. The van der Waals surface area contributed by atoms with Crippen molar-refractivity contribution in [1.82, 2.24) is 5.32 Å². The van der Waals surface area contributed by atoms with Gasteiger partial charge in [-0.2, -0.15) is 0 Å². The van der Waals surface area contributed by atoms with Crippen LogP contribution in [0.2, 0.25) is 0 Å². The minimum Gasteiger partial charge on any atom is -0.493 e. The van der Waals surface area contributed by atoms with E-state index in [1.807, 2.05) is 0 Å². The number of hydrogen-bond donors (Lipinski definition) is 1. The summed E-state index contributed by atoms with van der Waals surface area (Å²) in [5.74, 6) is 1.65. The third-order valence-electron chi connectivity index (χ3n) is 3.82. The predicted molar refractivity (Wildman–Crippen MR) is 87.7 cm³/mol. The predicted octanol–water partition coefficient (Wildman–Crippen LogP) is 4.75. The van der Waals surface area contributed by atoms with Crippen LogP contribution in [0.1, 0.15) is 64.4 Å². The van der Waals surface area contributed by atoms with Gasteiger partial charge in [0, 0.05) is 0 Å². The first-order valence-electron chi connectivity index (χ1n) is 8.22. The molecule has 0 radical (unpaired) electrons. The zero-order valence-electron chi connectivity index (χ0n) is 13.5. The van der Waals surface area contributed by atoms with Gasteiger partial charge in [-0.15, -0.1) is 0 Å². The van der Waals surface area contributed by atoms with Crippen molar-refractivity contribution < 1.29 is 4.74 Å². The van der Waals surface area contributed by atoms with Crippen molar-refractivity contribution in [3.63, 3.8) is 0 Å². The van der Waals surface area contributed by atoms with Gasteiger partial charge >= 0.3 is 0 Å². The van der Waals surface area contributed by atoms with Gasteiger partial charge in [0.15, 0.2) is 0 Å². The first-order valence-corrected chi connectivity index (χ1v) is 8.22. The van der Waals surface area contributed by atoms with Crippen molar-refractivity contribution in [1.29, 1.82) is 0 Å². The molecule has 20 heavy (non-hydrogen) atoms. The molecule has 2 heteroatoms. The molecule has 1 aromatic carbocycles. The molecule has 0 aliphatic carbocycles. The van der Waals surface area contributed by atoms with Crippen LogP contribution in [0.3, 0.4) is 0 Å². The van der Waals surface area contributed by atoms with Gasteiger partial charge in [-0.25, -0.2) is 0 Å². The van der Waals surface area contributed by atoms with Crippen LogP contribution in [0, 0.1) is 0 Å². The van der Waals surface area contributed by atoms with Crippen molar-refractivity contribution in [2.24, 2.45) is 0 Å². The van der Waals surface area contributed by atoms with Crippen molar-refractivity contribution >= 4 is 0 Å². The lowest BCUT2D eigenvalue weighted by atomic mass is 9.98. The molecule has 0 aliphatic rings. The summed E-state index contributed by atoms with van der Waals surface area (Å²) in [5, 5.41) is 3.36.